The first-order valence-corrected chi connectivity index (χ1v) is 8.85. The molecule has 1 fully saturated rings. The lowest BCUT2D eigenvalue weighted by atomic mass is 10.2. The minimum absolute atomic E-state index is 0.271. The normalized spacial score (nSPS) is 15.6. The number of imide groups is 1. The number of hydrogen-bond acceptors (Lipinski definition) is 5. The lowest BCUT2D eigenvalue weighted by Crippen LogP contribution is -2.36. The van der Waals surface area contributed by atoms with Crippen molar-refractivity contribution in [1.82, 2.24) is 9.88 Å². The zero-order valence-corrected chi connectivity index (χ0v) is 15.3. The molecule has 0 unspecified atom stereocenters. The molecule has 8 heteroatoms. The maximum atomic E-state index is 12.4. The van der Waals surface area contributed by atoms with Crippen LogP contribution in [0, 0.1) is 6.92 Å². The van der Waals surface area contributed by atoms with Crippen LogP contribution < -0.4 is 5.32 Å². The van der Waals surface area contributed by atoms with Crippen LogP contribution in [0.2, 0.25) is 5.02 Å². The highest BCUT2D eigenvalue weighted by Gasteiger charge is 2.36. The highest BCUT2D eigenvalue weighted by atomic mass is 35.5. The molecule has 0 saturated carbocycles. The molecule has 132 valence electrons. The Morgan fingerprint density at radius 2 is 2.00 bits per heavy atom. The van der Waals surface area contributed by atoms with Crippen LogP contribution in [-0.2, 0) is 9.59 Å². The van der Waals surface area contributed by atoms with Crippen LogP contribution >= 0.6 is 23.4 Å². The summed E-state index contributed by atoms with van der Waals surface area (Å²) in [5.41, 5.74) is 2.13. The number of thioether (sulfide) groups is 1. The van der Waals surface area contributed by atoms with Gasteiger partial charge in [-0.15, -0.1) is 0 Å². The fraction of sp³-hybridized carbons (Fsp3) is 0.111. The highest BCUT2D eigenvalue weighted by molar-refractivity contribution is 8.18. The third kappa shape index (κ3) is 4.12. The first-order chi connectivity index (χ1) is 12.4. The second kappa shape index (κ2) is 7.72. The van der Waals surface area contributed by atoms with E-state index in [2.05, 4.69) is 10.3 Å². The van der Waals surface area contributed by atoms with E-state index in [9.17, 15) is 14.4 Å². The van der Waals surface area contributed by atoms with E-state index < -0.39 is 17.1 Å². The zero-order chi connectivity index (χ0) is 18.7. The molecule has 3 amide bonds. The van der Waals surface area contributed by atoms with E-state index in [1.54, 1.807) is 48.8 Å². The van der Waals surface area contributed by atoms with E-state index in [1.165, 1.54) is 0 Å². The van der Waals surface area contributed by atoms with Crippen molar-refractivity contribution in [2.45, 2.75) is 6.92 Å². The minimum Gasteiger partial charge on any atom is -0.324 e. The van der Waals surface area contributed by atoms with Crippen molar-refractivity contribution in [1.29, 1.82) is 0 Å². The number of carbonyl (C=O) groups excluding carboxylic acids is 3. The first-order valence-electron chi connectivity index (χ1n) is 7.65. The summed E-state index contributed by atoms with van der Waals surface area (Å²) in [6, 6.07) is 8.56. The molecule has 1 saturated heterocycles. The molecule has 0 aliphatic carbocycles. The summed E-state index contributed by atoms with van der Waals surface area (Å²) in [4.78, 5) is 41.9. The Kier molecular flexibility index (Phi) is 5.39. The molecule has 0 spiro atoms. The molecule has 2 aromatic rings. The van der Waals surface area contributed by atoms with Crippen LogP contribution in [0.25, 0.3) is 6.08 Å². The van der Waals surface area contributed by atoms with E-state index in [4.69, 9.17) is 11.6 Å². The van der Waals surface area contributed by atoms with Crippen LogP contribution in [0.4, 0.5) is 10.5 Å². The van der Waals surface area contributed by atoms with Gasteiger partial charge in [-0.1, -0.05) is 17.7 Å². The van der Waals surface area contributed by atoms with E-state index in [0.717, 1.165) is 27.8 Å². The standard InChI is InChI=1S/C18H14ClN3O3S/c1-11-2-3-13(19)9-14(11)21-16(23)10-22-17(24)15(26-18(22)25)8-12-4-6-20-7-5-12/h2-9H,10H2,1H3,(H,21,23)/b15-8+. The molecule has 3 rings (SSSR count). The molecule has 0 atom stereocenters. The van der Waals surface area contributed by atoms with E-state index in [1.807, 2.05) is 6.92 Å². The van der Waals surface area contributed by atoms with Gasteiger partial charge in [0.1, 0.15) is 6.54 Å². The minimum atomic E-state index is -0.491. The predicted octanol–water partition coefficient (Wildman–Crippen LogP) is 3.72. The van der Waals surface area contributed by atoms with E-state index in [0.29, 0.717) is 10.7 Å². The Hall–Kier alpha value is -2.64. The summed E-state index contributed by atoms with van der Waals surface area (Å²) >= 11 is 6.74. The topological polar surface area (TPSA) is 79.4 Å². The van der Waals surface area contributed by atoms with Crippen molar-refractivity contribution in [2.75, 3.05) is 11.9 Å². The van der Waals surface area contributed by atoms with Gasteiger partial charge in [-0.25, -0.2) is 0 Å². The van der Waals surface area contributed by atoms with Crippen molar-refractivity contribution in [3.63, 3.8) is 0 Å². The molecule has 2 heterocycles. The fourth-order valence-electron chi connectivity index (χ4n) is 2.31. The third-order valence-electron chi connectivity index (χ3n) is 3.65. The number of aryl methyl sites for hydroxylation is 1. The van der Waals surface area contributed by atoms with Crippen LogP contribution in [-0.4, -0.2) is 33.5 Å². The van der Waals surface area contributed by atoms with Gasteiger partial charge in [-0.05, 0) is 60.2 Å². The number of rotatable bonds is 4. The number of halogens is 1. The van der Waals surface area contributed by atoms with Gasteiger partial charge in [0.05, 0.1) is 4.91 Å². The number of aromatic nitrogens is 1. The predicted molar refractivity (Wildman–Crippen MR) is 102 cm³/mol. The molecule has 26 heavy (non-hydrogen) atoms. The van der Waals surface area contributed by atoms with Crippen molar-refractivity contribution in [3.8, 4) is 0 Å². The van der Waals surface area contributed by atoms with Crippen LogP contribution in [0.1, 0.15) is 11.1 Å². The summed E-state index contributed by atoms with van der Waals surface area (Å²) in [6.07, 6.45) is 4.79. The summed E-state index contributed by atoms with van der Waals surface area (Å²) in [6.45, 7) is 1.47. The van der Waals surface area contributed by atoms with Crippen molar-refractivity contribution in [3.05, 3.63) is 63.8 Å². The maximum absolute atomic E-state index is 12.4. The average molecular weight is 388 g/mol. The number of pyridine rings is 1. The number of hydrogen-bond donors (Lipinski definition) is 1. The second-order valence-electron chi connectivity index (χ2n) is 5.56. The van der Waals surface area contributed by atoms with Crippen LogP contribution in [0.5, 0.6) is 0 Å². The molecule has 6 nitrogen and oxygen atoms in total. The van der Waals surface area contributed by atoms with Crippen LogP contribution in [0.15, 0.2) is 47.6 Å². The third-order valence-corrected chi connectivity index (χ3v) is 4.80. The van der Waals surface area contributed by atoms with Crippen LogP contribution in [0.3, 0.4) is 0 Å². The van der Waals surface area contributed by atoms with Crippen molar-refractivity contribution >= 4 is 52.2 Å². The number of benzene rings is 1. The number of nitrogens with one attached hydrogen (secondary N) is 1. The Morgan fingerprint density at radius 3 is 2.73 bits per heavy atom. The zero-order valence-electron chi connectivity index (χ0n) is 13.7. The van der Waals surface area contributed by atoms with Gasteiger partial charge in [0.2, 0.25) is 5.91 Å². The lowest BCUT2D eigenvalue weighted by molar-refractivity contribution is -0.127. The van der Waals surface area contributed by atoms with Gasteiger partial charge in [0, 0.05) is 23.1 Å². The Labute approximate surface area is 159 Å². The molecular formula is C18H14ClN3O3S. The van der Waals surface area contributed by atoms with E-state index in [-0.39, 0.29) is 11.4 Å². The smallest absolute Gasteiger partial charge is 0.294 e. The Balaban J connectivity index is 1.70. The van der Waals surface area contributed by atoms with Gasteiger partial charge >= 0.3 is 0 Å². The molecule has 1 aromatic heterocycles. The quantitative estimate of drug-likeness (QED) is 0.809. The van der Waals surface area contributed by atoms with Gasteiger partial charge in [-0.2, -0.15) is 0 Å². The fourth-order valence-corrected chi connectivity index (χ4v) is 3.32. The number of nitrogens with zero attached hydrogens (tertiary/aromatic N) is 2. The van der Waals surface area contributed by atoms with Gasteiger partial charge in [0.15, 0.2) is 0 Å². The van der Waals surface area contributed by atoms with Gasteiger partial charge in [0.25, 0.3) is 11.1 Å². The average Bonchev–Trinajstić information content (AvgIpc) is 2.86. The maximum Gasteiger partial charge on any atom is 0.294 e. The first kappa shape index (κ1) is 18.2. The Morgan fingerprint density at radius 1 is 1.27 bits per heavy atom. The molecule has 1 aliphatic rings. The molecule has 1 aromatic carbocycles. The largest absolute Gasteiger partial charge is 0.324 e. The highest BCUT2D eigenvalue weighted by Crippen LogP contribution is 2.32. The Bertz CT molecular complexity index is 915. The van der Waals surface area contributed by atoms with Crippen molar-refractivity contribution < 1.29 is 14.4 Å². The summed E-state index contributed by atoms with van der Waals surface area (Å²) in [7, 11) is 0. The van der Waals surface area contributed by atoms with Crippen molar-refractivity contribution in [2.24, 2.45) is 0 Å². The second-order valence-corrected chi connectivity index (χ2v) is 6.99. The SMILES string of the molecule is Cc1ccc(Cl)cc1NC(=O)CN1C(=O)S/C(=C/c2ccncc2)C1=O. The summed E-state index contributed by atoms with van der Waals surface area (Å²) in [5.74, 6) is -0.961. The molecule has 1 aliphatic heterocycles. The monoisotopic (exact) mass is 387 g/mol. The number of amides is 3. The van der Waals surface area contributed by atoms with Gasteiger partial charge in [-0.3, -0.25) is 24.3 Å². The number of anilines is 1. The number of carbonyl (C=O) groups is 3. The summed E-state index contributed by atoms with van der Waals surface area (Å²) in [5, 5.41) is 2.68. The lowest BCUT2D eigenvalue weighted by Gasteiger charge is -2.13. The van der Waals surface area contributed by atoms with E-state index >= 15 is 0 Å². The summed E-state index contributed by atoms with van der Waals surface area (Å²) < 4.78 is 0. The van der Waals surface area contributed by atoms with Gasteiger partial charge < -0.3 is 5.32 Å². The molecular weight excluding hydrogens is 374 g/mol. The molecule has 1 N–H and O–H groups in total. The molecule has 0 bridgehead atoms. The molecule has 0 radical (unpaired) electrons.